The van der Waals surface area contributed by atoms with E-state index in [0.29, 0.717) is 12.2 Å². The molecule has 1 aromatic carbocycles. The molecule has 7 nitrogen and oxygen atoms in total. The number of aromatic nitrogens is 3. The highest BCUT2D eigenvalue weighted by atomic mass is 19.1. The lowest BCUT2D eigenvalue weighted by Crippen LogP contribution is -2.35. The predicted octanol–water partition coefficient (Wildman–Crippen LogP) is 2.20. The molecule has 0 saturated carbocycles. The second kappa shape index (κ2) is 5.57. The van der Waals surface area contributed by atoms with Crippen LogP contribution in [0.15, 0.2) is 24.4 Å². The van der Waals surface area contributed by atoms with Gasteiger partial charge in [-0.05, 0) is 32.9 Å². The molecule has 0 aliphatic heterocycles. The number of nitro groups is 1. The summed E-state index contributed by atoms with van der Waals surface area (Å²) in [5.74, 6) is -0.666. The zero-order valence-corrected chi connectivity index (χ0v) is 12.0. The van der Waals surface area contributed by atoms with Crippen LogP contribution in [-0.2, 0) is 6.54 Å². The Balaban J connectivity index is 2.28. The Morgan fingerprint density at radius 2 is 2.14 bits per heavy atom. The number of hydrogen-bond donors (Lipinski definition) is 1. The molecule has 0 aliphatic rings. The van der Waals surface area contributed by atoms with E-state index in [1.54, 1.807) is 6.20 Å². The van der Waals surface area contributed by atoms with Crippen LogP contribution >= 0.6 is 0 Å². The van der Waals surface area contributed by atoms with Crippen LogP contribution in [0, 0.1) is 15.9 Å². The van der Waals surface area contributed by atoms with Gasteiger partial charge in [0.15, 0.2) is 0 Å². The van der Waals surface area contributed by atoms with Crippen LogP contribution in [-0.4, -0.2) is 25.5 Å². The molecule has 2 rings (SSSR count). The highest BCUT2D eigenvalue weighted by Crippen LogP contribution is 2.23. The molecule has 8 heteroatoms. The fourth-order valence-electron chi connectivity index (χ4n) is 1.69. The molecule has 0 radical (unpaired) electrons. The first-order chi connectivity index (χ1) is 9.76. The number of nitro benzene ring substituents is 1. The van der Waals surface area contributed by atoms with Crippen molar-refractivity contribution >= 4 is 5.69 Å². The normalized spacial score (nSPS) is 11.6. The quantitative estimate of drug-likeness (QED) is 0.690. The maximum atomic E-state index is 13.1. The maximum Gasteiger partial charge on any atom is 0.297 e. The number of nitrogens with one attached hydrogen (secondary N) is 1. The van der Waals surface area contributed by atoms with Crippen LogP contribution in [0.25, 0.3) is 5.69 Å². The van der Waals surface area contributed by atoms with E-state index < -0.39 is 10.7 Å². The summed E-state index contributed by atoms with van der Waals surface area (Å²) in [6, 6.07) is 3.32. The molecule has 0 atom stereocenters. The lowest BCUT2D eigenvalue weighted by atomic mass is 10.1. The van der Waals surface area contributed by atoms with Gasteiger partial charge in [0.05, 0.1) is 22.9 Å². The molecule has 0 unspecified atom stereocenters. The van der Waals surface area contributed by atoms with Crippen molar-refractivity contribution in [3.05, 3.63) is 46.0 Å². The van der Waals surface area contributed by atoms with Crippen molar-refractivity contribution in [1.82, 2.24) is 20.3 Å². The Kier molecular flexibility index (Phi) is 3.99. The molecule has 2 aromatic rings. The molecule has 21 heavy (non-hydrogen) atoms. The van der Waals surface area contributed by atoms with Gasteiger partial charge in [-0.15, -0.1) is 5.10 Å². The Morgan fingerprint density at radius 3 is 2.76 bits per heavy atom. The first-order valence-corrected chi connectivity index (χ1v) is 6.37. The molecule has 0 saturated heterocycles. The minimum Gasteiger partial charge on any atom is -0.306 e. The highest BCUT2D eigenvalue weighted by molar-refractivity contribution is 5.51. The van der Waals surface area contributed by atoms with Crippen molar-refractivity contribution in [3.8, 4) is 5.69 Å². The predicted molar refractivity (Wildman–Crippen MR) is 74.6 cm³/mol. The van der Waals surface area contributed by atoms with E-state index in [4.69, 9.17) is 0 Å². The third kappa shape index (κ3) is 3.82. The fraction of sp³-hybridized carbons (Fsp3) is 0.385. The Hall–Kier alpha value is -2.35. The lowest BCUT2D eigenvalue weighted by molar-refractivity contribution is -0.384. The summed E-state index contributed by atoms with van der Waals surface area (Å²) in [7, 11) is 0. The van der Waals surface area contributed by atoms with Crippen molar-refractivity contribution in [2.75, 3.05) is 0 Å². The molecule has 1 aromatic heterocycles. The van der Waals surface area contributed by atoms with Gasteiger partial charge in [0, 0.05) is 12.1 Å². The average Bonchev–Trinajstić information content (AvgIpc) is 2.84. The van der Waals surface area contributed by atoms with Gasteiger partial charge in [-0.1, -0.05) is 5.21 Å². The number of benzene rings is 1. The van der Waals surface area contributed by atoms with E-state index in [2.05, 4.69) is 15.6 Å². The van der Waals surface area contributed by atoms with Gasteiger partial charge in [-0.2, -0.15) is 0 Å². The summed E-state index contributed by atoms with van der Waals surface area (Å²) >= 11 is 0. The third-order valence-electron chi connectivity index (χ3n) is 2.72. The largest absolute Gasteiger partial charge is 0.306 e. The molecular weight excluding hydrogens is 277 g/mol. The van der Waals surface area contributed by atoms with Gasteiger partial charge < -0.3 is 5.32 Å². The summed E-state index contributed by atoms with van der Waals surface area (Å²) in [6.07, 6.45) is 1.58. The van der Waals surface area contributed by atoms with E-state index in [1.807, 2.05) is 20.8 Å². The highest BCUT2D eigenvalue weighted by Gasteiger charge is 2.18. The molecule has 0 fully saturated rings. The van der Waals surface area contributed by atoms with Crippen molar-refractivity contribution in [3.63, 3.8) is 0 Å². The average molecular weight is 293 g/mol. The Labute approximate surface area is 120 Å². The smallest absolute Gasteiger partial charge is 0.297 e. The van der Waals surface area contributed by atoms with Gasteiger partial charge in [-0.25, -0.2) is 9.07 Å². The van der Waals surface area contributed by atoms with E-state index in [9.17, 15) is 14.5 Å². The molecule has 0 spiro atoms. The number of rotatable bonds is 4. The topological polar surface area (TPSA) is 85.9 Å². The minimum absolute atomic E-state index is 0.0777. The van der Waals surface area contributed by atoms with Crippen LogP contribution in [0.3, 0.4) is 0 Å². The van der Waals surface area contributed by atoms with Crippen molar-refractivity contribution < 1.29 is 9.31 Å². The summed E-state index contributed by atoms with van der Waals surface area (Å²) in [5, 5.41) is 22.0. The van der Waals surface area contributed by atoms with Gasteiger partial charge >= 0.3 is 0 Å². The molecule has 1 N–H and O–H groups in total. The van der Waals surface area contributed by atoms with Gasteiger partial charge in [0.25, 0.3) is 5.69 Å². The van der Waals surface area contributed by atoms with Crippen molar-refractivity contribution in [2.45, 2.75) is 32.9 Å². The summed E-state index contributed by atoms with van der Waals surface area (Å²) in [5.41, 5.74) is 0.390. The van der Waals surface area contributed by atoms with Crippen molar-refractivity contribution in [1.29, 1.82) is 0 Å². The minimum atomic E-state index is -0.666. The van der Waals surface area contributed by atoms with E-state index in [-0.39, 0.29) is 16.9 Å². The van der Waals surface area contributed by atoms with Crippen molar-refractivity contribution in [2.24, 2.45) is 0 Å². The lowest BCUT2D eigenvalue weighted by Gasteiger charge is -2.19. The fourth-order valence-corrected chi connectivity index (χ4v) is 1.69. The SMILES string of the molecule is CC(C)(C)NCc1cn(-c2ccc(F)cc2[N+](=O)[O-])nn1. The Morgan fingerprint density at radius 1 is 1.43 bits per heavy atom. The summed E-state index contributed by atoms with van der Waals surface area (Å²) in [4.78, 5) is 10.3. The van der Waals surface area contributed by atoms with Gasteiger partial charge in [-0.3, -0.25) is 10.1 Å². The second-order valence-corrected chi connectivity index (χ2v) is 5.65. The van der Waals surface area contributed by atoms with Crippen LogP contribution in [0.1, 0.15) is 26.5 Å². The first kappa shape index (κ1) is 15.0. The molecule has 0 bridgehead atoms. The first-order valence-electron chi connectivity index (χ1n) is 6.37. The summed E-state index contributed by atoms with van der Waals surface area (Å²) < 4.78 is 14.4. The maximum absolute atomic E-state index is 13.1. The van der Waals surface area contributed by atoms with E-state index >= 15 is 0 Å². The molecular formula is C13H16FN5O2. The number of nitrogens with zero attached hydrogens (tertiary/aromatic N) is 4. The molecule has 0 aliphatic carbocycles. The Bertz CT molecular complexity index is 663. The van der Waals surface area contributed by atoms with Crippen LogP contribution < -0.4 is 5.32 Å². The van der Waals surface area contributed by atoms with Crippen LogP contribution in [0.5, 0.6) is 0 Å². The third-order valence-corrected chi connectivity index (χ3v) is 2.72. The van der Waals surface area contributed by atoms with Gasteiger partial charge in [0.2, 0.25) is 0 Å². The molecule has 1 heterocycles. The molecule has 0 amide bonds. The number of hydrogen-bond acceptors (Lipinski definition) is 5. The van der Waals surface area contributed by atoms with Crippen LogP contribution in [0.4, 0.5) is 10.1 Å². The second-order valence-electron chi connectivity index (χ2n) is 5.65. The zero-order valence-electron chi connectivity index (χ0n) is 12.0. The summed E-state index contributed by atoms with van der Waals surface area (Å²) in [6.45, 7) is 6.53. The molecule has 112 valence electrons. The van der Waals surface area contributed by atoms with E-state index in [1.165, 1.54) is 10.7 Å². The monoisotopic (exact) mass is 293 g/mol. The van der Waals surface area contributed by atoms with Crippen LogP contribution in [0.2, 0.25) is 0 Å². The van der Waals surface area contributed by atoms with E-state index in [0.717, 1.165) is 12.1 Å². The van der Waals surface area contributed by atoms with Gasteiger partial charge in [0.1, 0.15) is 11.5 Å². The standard InChI is InChI=1S/C13H16FN5O2/c1-13(2,3)15-7-10-8-18(17-16-10)11-5-4-9(14)6-12(11)19(20)21/h4-6,8,15H,7H2,1-3H3. The number of halogens is 1. The zero-order chi connectivity index (χ0) is 15.6.